The third kappa shape index (κ3) is 10.9. The molecule has 0 heterocycles. The van der Waals surface area contributed by atoms with Crippen molar-refractivity contribution in [2.24, 2.45) is 5.92 Å². The Kier molecular flexibility index (Phi) is 12.7. The van der Waals surface area contributed by atoms with Crippen LogP contribution in [0.5, 0.6) is 0 Å². The Hall–Kier alpha value is -3.25. The Morgan fingerprint density at radius 2 is 1.50 bits per heavy atom. The number of benzene rings is 2. The van der Waals surface area contributed by atoms with Crippen LogP contribution in [0.1, 0.15) is 37.8 Å². The summed E-state index contributed by atoms with van der Waals surface area (Å²) in [6.07, 6.45) is -6.16. The van der Waals surface area contributed by atoms with Gasteiger partial charge in [0.15, 0.2) is 0 Å². The van der Waals surface area contributed by atoms with Gasteiger partial charge in [0, 0.05) is 19.4 Å². The fourth-order valence-corrected chi connectivity index (χ4v) is 4.12. The van der Waals surface area contributed by atoms with Crippen LogP contribution in [0.25, 0.3) is 0 Å². The number of carbonyl (C=O) groups excluding carboxylic acids is 4. The molecule has 2 aromatic rings. The second kappa shape index (κ2) is 15.3. The van der Waals surface area contributed by atoms with Crippen LogP contribution >= 0.6 is 23.2 Å². The summed E-state index contributed by atoms with van der Waals surface area (Å²) in [5.74, 6) is -11.4. The highest BCUT2D eigenvalue weighted by Crippen LogP contribution is 2.24. The zero-order chi connectivity index (χ0) is 31.7. The molecule has 3 amide bonds. The van der Waals surface area contributed by atoms with Crippen LogP contribution in [0.3, 0.4) is 0 Å². The van der Waals surface area contributed by atoms with Crippen molar-refractivity contribution in [1.82, 2.24) is 16.0 Å². The standard InChI is InChI=1S/C28H30Cl2F5N3O4/c1-16(2)23(24(40)28(34,35)26(42)36-13-12-27(31,32)33)38-25(41)21(15-17-6-4-3-5-7-17)37-22(39)11-9-18-8-10-19(29)20(30)14-18/h3-8,10,14,16,21,23H,9,11-13,15H2,1-2H3,(H,36,42)(H,37,39)(H,38,41). The van der Waals surface area contributed by atoms with Gasteiger partial charge in [-0.05, 0) is 35.6 Å². The Morgan fingerprint density at radius 3 is 2.07 bits per heavy atom. The van der Waals surface area contributed by atoms with E-state index in [9.17, 15) is 41.1 Å². The molecule has 0 saturated heterocycles. The summed E-state index contributed by atoms with van der Waals surface area (Å²) in [7, 11) is 0. The summed E-state index contributed by atoms with van der Waals surface area (Å²) >= 11 is 11.9. The van der Waals surface area contributed by atoms with Crippen LogP contribution in [0.2, 0.25) is 10.0 Å². The van der Waals surface area contributed by atoms with E-state index in [1.165, 1.54) is 19.2 Å². The van der Waals surface area contributed by atoms with Crippen LogP contribution in [-0.2, 0) is 32.0 Å². The lowest BCUT2D eigenvalue weighted by Crippen LogP contribution is -2.59. The van der Waals surface area contributed by atoms with Crippen molar-refractivity contribution in [3.05, 3.63) is 69.7 Å². The molecule has 2 unspecified atom stereocenters. The van der Waals surface area contributed by atoms with E-state index in [1.54, 1.807) is 48.5 Å². The van der Waals surface area contributed by atoms with Crippen molar-refractivity contribution in [2.75, 3.05) is 6.54 Å². The van der Waals surface area contributed by atoms with Crippen LogP contribution in [0.4, 0.5) is 22.0 Å². The fraction of sp³-hybridized carbons (Fsp3) is 0.429. The molecule has 2 atom stereocenters. The van der Waals surface area contributed by atoms with Crippen LogP contribution < -0.4 is 16.0 Å². The summed E-state index contributed by atoms with van der Waals surface area (Å²) in [6, 6.07) is 10.1. The van der Waals surface area contributed by atoms with Crippen molar-refractivity contribution in [3.63, 3.8) is 0 Å². The highest BCUT2D eigenvalue weighted by atomic mass is 35.5. The summed E-state index contributed by atoms with van der Waals surface area (Å²) < 4.78 is 66.4. The molecule has 0 radical (unpaired) electrons. The average molecular weight is 638 g/mol. The molecule has 2 rings (SSSR count). The largest absolute Gasteiger partial charge is 0.390 e. The molecule has 0 aromatic heterocycles. The van der Waals surface area contributed by atoms with Crippen molar-refractivity contribution in [1.29, 1.82) is 0 Å². The molecule has 42 heavy (non-hydrogen) atoms. The number of hydrogen-bond donors (Lipinski definition) is 3. The molecular weight excluding hydrogens is 608 g/mol. The van der Waals surface area contributed by atoms with Gasteiger partial charge in [0.2, 0.25) is 17.6 Å². The quantitative estimate of drug-likeness (QED) is 0.199. The summed E-state index contributed by atoms with van der Waals surface area (Å²) in [5.41, 5.74) is 1.31. The number of amides is 3. The molecule has 0 saturated carbocycles. The molecule has 3 N–H and O–H groups in total. The molecule has 230 valence electrons. The first-order valence-corrected chi connectivity index (χ1v) is 13.6. The first-order valence-electron chi connectivity index (χ1n) is 12.9. The molecule has 0 fully saturated rings. The van der Waals surface area contributed by atoms with E-state index in [1.807, 2.05) is 0 Å². The Labute approximate surface area is 249 Å². The topological polar surface area (TPSA) is 104 Å². The molecular formula is C28H30Cl2F5N3O4. The van der Waals surface area contributed by atoms with Gasteiger partial charge < -0.3 is 16.0 Å². The van der Waals surface area contributed by atoms with Gasteiger partial charge in [0.1, 0.15) is 6.04 Å². The Bertz CT molecular complexity index is 1260. The first-order chi connectivity index (χ1) is 19.5. The van der Waals surface area contributed by atoms with Gasteiger partial charge in [-0.1, -0.05) is 73.4 Å². The zero-order valence-electron chi connectivity index (χ0n) is 22.7. The Morgan fingerprint density at radius 1 is 0.857 bits per heavy atom. The predicted octanol–water partition coefficient (Wildman–Crippen LogP) is 5.07. The van der Waals surface area contributed by atoms with Crippen LogP contribution in [0, 0.1) is 5.92 Å². The lowest BCUT2D eigenvalue weighted by atomic mass is 9.94. The molecule has 0 spiro atoms. The summed E-state index contributed by atoms with van der Waals surface area (Å²) in [5, 5.41) is 6.79. The number of Topliss-reactive ketones (excluding diaryl/α,β-unsaturated/α-hetero) is 1. The normalized spacial score (nSPS) is 13.3. The molecule has 0 bridgehead atoms. The first kappa shape index (κ1) is 34.9. The summed E-state index contributed by atoms with van der Waals surface area (Å²) in [4.78, 5) is 50.7. The van der Waals surface area contributed by atoms with Crippen molar-refractivity contribution < 1.29 is 41.1 Å². The molecule has 0 aliphatic heterocycles. The highest BCUT2D eigenvalue weighted by Gasteiger charge is 2.51. The zero-order valence-corrected chi connectivity index (χ0v) is 24.2. The molecule has 2 aromatic carbocycles. The van der Waals surface area contributed by atoms with Gasteiger partial charge in [-0.15, -0.1) is 0 Å². The van der Waals surface area contributed by atoms with E-state index in [4.69, 9.17) is 23.2 Å². The van der Waals surface area contributed by atoms with Crippen molar-refractivity contribution in [3.8, 4) is 0 Å². The average Bonchev–Trinajstić information content (AvgIpc) is 2.91. The van der Waals surface area contributed by atoms with Gasteiger partial charge in [0.05, 0.1) is 22.5 Å². The number of nitrogens with one attached hydrogen (secondary N) is 3. The minimum atomic E-state index is -4.73. The Balaban J connectivity index is 2.17. The van der Waals surface area contributed by atoms with Crippen molar-refractivity contribution in [2.45, 2.75) is 63.7 Å². The third-order valence-corrected chi connectivity index (χ3v) is 6.83. The lowest BCUT2D eigenvalue weighted by molar-refractivity contribution is -0.162. The minimum absolute atomic E-state index is 0.0570. The number of ketones is 1. The van der Waals surface area contributed by atoms with Gasteiger partial charge in [-0.3, -0.25) is 19.2 Å². The predicted molar refractivity (Wildman–Crippen MR) is 147 cm³/mol. The molecule has 0 aliphatic rings. The second-order valence-corrected chi connectivity index (χ2v) is 10.7. The number of carbonyl (C=O) groups is 4. The molecule has 14 heteroatoms. The highest BCUT2D eigenvalue weighted by molar-refractivity contribution is 6.42. The maximum absolute atomic E-state index is 14.7. The fourth-order valence-electron chi connectivity index (χ4n) is 3.80. The lowest BCUT2D eigenvalue weighted by Gasteiger charge is -2.27. The second-order valence-electron chi connectivity index (χ2n) is 9.85. The smallest absolute Gasteiger partial charge is 0.350 e. The third-order valence-electron chi connectivity index (χ3n) is 6.09. The number of hydrogen-bond acceptors (Lipinski definition) is 4. The van der Waals surface area contributed by atoms with Crippen molar-refractivity contribution >= 4 is 46.7 Å². The molecule has 0 aliphatic carbocycles. The number of aryl methyl sites for hydroxylation is 1. The van der Waals surface area contributed by atoms with Gasteiger partial charge in [-0.25, -0.2) is 0 Å². The maximum atomic E-state index is 14.7. The number of rotatable bonds is 14. The molecule has 7 nitrogen and oxygen atoms in total. The van der Waals surface area contributed by atoms with E-state index >= 15 is 0 Å². The summed E-state index contributed by atoms with van der Waals surface area (Å²) in [6.45, 7) is 1.52. The van der Waals surface area contributed by atoms with Crippen LogP contribution in [0.15, 0.2) is 48.5 Å². The van der Waals surface area contributed by atoms with E-state index < -0.39 is 66.6 Å². The van der Waals surface area contributed by atoms with E-state index in [2.05, 4.69) is 10.6 Å². The monoisotopic (exact) mass is 637 g/mol. The SMILES string of the molecule is CC(C)C(NC(=O)C(Cc1ccccc1)NC(=O)CCc1ccc(Cl)c(Cl)c1)C(=O)C(F)(F)C(=O)NCCC(F)(F)F. The number of halogens is 7. The van der Waals surface area contributed by atoms with E-state index in [0.717, 1.165) is 0 Å². The van der Waals surface area contributed by atoms with E-state index in [0.29, 0.717) is 21.2 Å². The maximum Gasteiger partial charge on any atom is 0.390 e. The minimum Gasteiger partial charge on any atom is -0.350 e. The van der Waals surface area contributed by atoms with Crippen LogP contribution in [-0.4, -0.2) is 54.2 Å². The number of alkyl halides is 5. The van der Waals surface area contributed by atoms with Gasteiger partial charge in [0.25, 0.3) is 5.91 Å². The van der Waals surface area contributed by atoms with Gasteiger partial charge >= 0.3 is 12.1 Å². The van der Waals surface area contributed by atoms with E-state index in [-0.39, 0.29) is 19.3 Å². The van der Waals surface area contributed by atoms with Gasteiger partial charge in [-0.2, -0.15) is 22.0 Å².